The van der Waals surface area contributed by atoms with E-state index in [9.17, 15) is 4.79 Å². The fraction of sp³-hybridized carbons (Fsp3) is 0.600. The average Bonchev–Trinajstić information content (AvgIpc) is 2.69. The molecule has 0 radical (unpaired) electrons. The summed E-state index contributed by atoms with van der Waals surface area (Å²) in [5, 5.41) is 15.1. The van der Waals surface area contributed by atoms with E-state index in [4.69, 9.17) is 9.84 Å². The van der Waals surface area contributed by atoms with Crippen LogP contribution in [-0.4, -0.2) is 47.2 Å². The molecule has 0 bridgehead atoms. The van der Waals surface area contributed by atoms with Gasteiger partial charge in [-0.3, -0.25) is 9.48 Å². The van der Waals surface area contributed by atoms with E-state index in [-0.39, 0.29) is 12.5 Å². The Hall–Kier alpha value is -1.40. The SMILES string of the molecule is Cn1nccc1C(=O)NCCCOCCO. The second-order valence-corrected chi connectivity index (χ2v) is 3.29. The Morgan fingerprint density at radius 1 is 1.62 bits per heavy atom. The van der Waals surface area contributed by atoms with E-state index in [0.29, 0.717) is 25.5 Å². The summed E-state index contributed by atoms with van der Waals surface area (Å²) in [6.07, 6.45) is 2.31. The molecule has 0 atom stereocenters. The summed E-state index contributed by atoms with van der Waals surface area (Å²) in [5.41, 5.74) is 0.538. The number of aromatic nitrogens is 2. The zero-order valence-corrected chi connectivity index (χ0v) is 9.35. The van der Waals surface area contributed by atoms with Crippen LogP contribution in [0.5, 0.6) is 0 Å². The van der Waals surface area contributed by atoms with Crippen molar-refractivity contribution in [2.75, 3.05) is 26.4 Å². The lowest BCUT2D eigenvalue weighted by Gasteiger charge is -2.05. The van der Waals surface area contributed by atoms with Crippen molar-refractivity contribution in [2.45, 2.75) is 6.42 Å². The number of carbonyl (C=O) groups excluding carboxylic acids is 1. The van der Waals surface area contributed by atoms with Crippen molar-refractivity contribution in [1.29, 1.82) is 0 Å². The molecule has 0 aliphatic rings. The Bertz CT molecular complexity index is 325. The van der Waals surface area contributed by atoms with E-state index in [1.807, 2.05) is 0 Å². The smallest absolute Gasteiger partial charge is 0.269 e. The van der Waals surface area contributed by atoms with Crippen LogP contribution >= 0.6 is 0 Å². The molecule has 0 fully saturated rings. The first-order valence-electron chi connectivity index (χ1n) is 5.20. The minimum Gasteiger partial charge on any atom is -0.394 e. The zero-order valence-electron chi connectivity index (χ0n) is 9.35. The van der Waals surface area contributed by atoms with Gasteiger partial charge < -0.3 is 15.2 Å². The maximum atomic E-state index is 11.6. The Morgan fingerprint density at radius 3 is 3.06 bits per heavy atom. The van der Waals surface area contributed by atoms with E-state index in [0.717, 1.165) is 6.42 Å². The molecule has 0 aliphatic heterocycles. The summed E-state index contributed by atoms with van der Waals surface area (Å²) in [6.45, 7) is 1.46. The van der Waals surface area contributed by atoms with Crippen LogP contribution in [0.25, 0.3) is 0 Å². The molecule has 16 heavy (non-hydrogen) atoms. The zero-order chi connectivity index (χ0) is 11.8. The maximum Gasteiger partial charge on any atom is 0.269 e. The second-order valence-electron chi connectivity index (χ2n) is 3.29. The van der Waals surface area contributed by atoms with E-state index < -0.39 is 0 Å². The molecule has 0 aromatic carbocycles. The second kappa shape index (κ2) is 6.97. The fourth-order valence-electron chi connectivity index (χ4n) is 1.23. The molecule has 0 saturated carbocycles. The van der Waals surface area contributed by atoms with Gasteiger partial charge in [0.2, 0.25) is 0 Å². The lowest BCUT2D eigenvalue weighted by Crippen LogP contribution is -2.27. The normalized spacial score (nSPS) is 10.4. The molecule has 0 saturated heterocycles. The number of nitrogens with zero attached hydrogens (tertiary/aromatic N) is 2. The number of hydrogen-bond donors (Lipinski definition) is 2. The van der Waals surface area contributed by atoms with Gasteiger partial charge in [-0.2, -0.15) is 5.10 Å². The summed E-state index contributed by atoms with van der Waals surface area (Å²) in [5.74, 6) is -0.137. The predicted molar refractivity (Wildman–Crippen MR) is 58.1 cm³/mol. The standard InChI is InChI=1S/C10H17N3O3/c1-13-9(3-5-12-13)10(15)11-4-2-7-16-8-6-14/h3,5,14H,2,4,6-8H2,1H3,(H,11,15). The van der Waals surface area contributed by atoms with Gasteiger partial charge in [0.25, 0.3) is 5.91 Å². The van der Waals surface area contributed by atoms with E-state index in [1.54, 1.807) is 19.3 Å². The van der Waals surface area contributed by atoms with Gasteiger partial charge in [0, 0.05) is 26.4 Å². The largest absolute Gasteiger partial charge is 0.394 e. The molecule has 1 heterocycles. The van der Waals surface area contributed by atoms with Gasteiger partial charge >= 0.3 is 0 Å². The fourth-order valence-corrected chi connectivity index (χ4v) is 1.23. The van der Waals surface area contributed by atoms with Crippen LogP contribution in [0.15, 0.2) is 12.3 Å². The third-order valence-electron chi connectivity index (χ3n) is 2.04. The number of carbonyl (C=O) groups is 1. The highest BCUT2D eigenvalue weighted by Gasteiger charge is 2.07. The van der Waals surface area contributed by atoms with E-state index >= 15 is 0 Å². The monoisotopic (exact) mass is 227 g/mol. The van der Waals surface area contributed by atoms with Gasteiger partial charge in [0.1, 0.15) is 5.69 Å². The molecule has 1 amide bonds. The van der Waals surface area contributed by atoms with Crippen molar-refractivity contribution in [1.82, 2.24) is 15.1 Å². The third kappa shape index (κ3) is 4.00. The van der Waals surface area contributed by atoms with Gasteiger partial charge in [-0.25, -0.2) is 0 Å². The van der Waals surface area contributed by atoms with Crippen LogP contribution in [0, 0.1) is 0 Å². The van der Waals surface area contributed by atoms with Gasteiger partial charge in [-0.1, -0.05) is 0 Å². The van der Waals surface area contributed by atoms with Crippen molar-refractivity contribution < 1.29 is 14.6 Å². The number of nitrogens with one attached hydrogen (secondary N) is 1. The van der Waals surface area contributed by atoms with Crippen LogP contribution < -0.4 is 5.32 Å². The van der Waals surface area contributed by atoms with Crippen molar-refractivity contribution in [3.63, 3.8) is 0 Å². The molecule has 0 aliphatic carbocycles. The number of rotatable bonds is 7. The van der Waals surface area contributed by atoms with Gasteiger partial charge in [-0.05, 0) is 12.5 Å². The molecule has 2 N–H and O–H groups in total. The molecular formula is C10H17N3O3. The first kappa shape index (κ1) is 12.7. The Morgan fingerprint density at radius 2 is 2.44 bits per heavy atom. The number of ether oxygens (including phenoxy) is 1. The number of aryl methyl sites for hydroxylation is 1. The first-order chi connectivity index (χ1) is 7.75. The molecular weight excluding hydrogens is 210 g/mol. The van der Waals surface area contributed by atoms with Crippen LogP contribution in [0.4, 0.5) is 0 Å². The number of amides is 1. The van der Waals surface area contributed by atoms with Crippen LogP contribution in [0.1, 0.15) is 16.9 Å². The van der Waals surface area contributed by atoms with Gasteiger partial charge in [-0.15, -0.1) is 0 Å². The molecule has 1 aromatic rings. The van der Waals surface area contributed by atoms with Crippen molar-refractivity contribution >= 4 is 5.91 Å². The molecule has 6 nitrogen and oxygen atoms in total. The molecule has 0 unspecified atom stereocenters. The summed E-state index contributed by atoms with van der Waals surface area (Å²) in [7, 11) is 1.72. The topological polar surface area (TPSA) is 76.4 Å². The lowest BCUT2D eigenvalue weighted by molar-refractivity contribution is 0.0864. The quantitative estimate of drug-likeness (QED) is 0.618. The summed E-state index contributed by atoms with van der Waals surface area (Å²) < 4.78 is 6.59. The van der Waals surface area contributed by atoms with Crippen molar-refractivity contribution in [3.8, 4) is 0 Å². The van der Waals surface area contributed by atoms with Crippen molar-refractivity contribution in [2.24, 2.45) is 7.05 Å². The van der Waals surface area contributed by atoms with Crippen LogP contribution in [0.2, 0.25) is 0 Å². The molecule has 1 rings (SSSR count). The minimum atomic E-state index is -0.137. The molecule has 1 aromatic heterocycles. The number of aliphatic hydroxyl groups is 1. The molecule has 90 valence electrons. The van der Waals surface area contributed by atoms with Crippen LogP contribution in [0.3, 0.4) is 0 Å². The predicted octanol–water partition coefficient (Wildman–Crippen LogP) is -0.451. The van der Waals surface area contributed by atoms with Crippen LogP contribution in [-0.2, 0) is 11.8 Å². The number of hydrogen-bond acceptors (Lipinski definition) is 4. The maximum absolute atomic E-state index is 11.6. The third-order valence-corrected chi connectivity index (χ3v) is 2.04. The number of aliphatic hydroxyl groups excluding tert-OH is 1. The Kier molecular flexibility index (Phi) is 5.52. The van der Waals surface area contributed by atoms with Gasteiger partial charge in [0.05, 0.1) is 13.2 Å². The van der Waals surface area contributed by atoms with E-state index in [2.05, 4.69) is 10.4 Å². The highest BCUT2D eigenvalue weighted by atomic mass is 16.5. The average molecular weight is 227 g/mol. The summed E-state index contributed by atoms with van der Waals surface area (Å²) in [4.78, 5) is 11.6. The first-order valence-corrected chi connectivity index (χ1v) is 5.20. The van der Waals surface area contributed by atoms with Crippen molar-refractivity contribution in [3.05, 3.63) is 18.0 Å². The Balaban J connectivity index is 2.14. The summed E-state index contributed by atoms with van der Waals surface area (Å²) >= 11 is 0. The van der Waals surface area contributed by atoms with Gasteiger partial charge in [0.15, 0.2) is 0 Å². The summed E-state index contributed by atoms with van der Waals surface area (Å²) in [6, 6.07) is 1.66. The Labute approximate surface area is 94.2 Å². The highest BCUT2D eigenvalue weighted by Crippen LogP contribution is 1.95. The van der Waals surface area contributed by atoms with E-state index in [1.165, 1.54) is 4.68 Å². The lowest BCUT2D eigenvalue weighted by atomic mass is 10.3. The molecule has 6 heteroatoms. The molecule has 0 spiro atoms. The minimum absolute atomic E-state index is 0.0291. The highest BCUT2D eigenvalue weighted by molar-refractivity contribution is 5.92.